The fourth-order valence-electron chi connectivity index (χ4n) is 2.17. The molecule has 3 nitrogen and oxygen atoms in total. The third-order valence-electron chi connectivity index (χ3n) is 2.89. The van der Waals surface area contributed by atoms with Crippen LogP contribution in [-0.4, -0.2) is 21.1 Å². The van der Waals surface area contributed by atoms with Crippen molar-refractivity contribution >= 4 is 28.7 Å². The van der Waals surface area contributed by atoms with Crippen LogP contribution in [0.25, 0.3) is 11.0 Å². The van der Waals surface area contributed by atoms with Gasteiger partial charge in [0.1, 0.15) is 0 Å². The first-order chi connectivity index (χ1) is 7.36. The zero-order valence-corrected chi connectivity index (χ0v) is 9.20. The first kappa shape index (κ1) is 9.09. The number of rotatable bonds is 1. The summed E-state index contributed by atoms with van der Waals surface area (Å²) in [5.41, 5.74) is 8.15. The van der Waals surface area contributed by atoms with Gasteiger partial charge in [-0.05, 0) is 24.3 Å². The van der Waals surface area contributed by atoms with E-state index in [-0.39, 0.29) is 0 Å². The van der Waals surface area contributed by atoms with E-state index in [1.54, 1.807) is 0 Å². The quantitative estimate of drug-likeness (QED) is 0.800. The topological polar surface area (TPSA) is 43.8 Å². The van der Waals surface area contributed by atoms with Gasteiger partial charge in [-0.1, -0.05) is 12.1 Å². The Labute approximate surface area is 92.7 Å². The van der Waals surface area contributed by atoms with Crippen molar-refractivity contribution in [1.82, 2.24) is 9.55 Å². The van der Waals surface area contributed by atoms with E-state index >= 15 is 0 Å². The summed E-state index contributed by atoms with van der Waals surface area (Å²) in [6, 6.07) is 8.69. The van der Waals surface area contributed by atoms with Gasteiger partial charge in [0.2, 0.25) is 5.95 Å². The highest BCUT2D eigenvalue weighted by Gasteiger charge is 2.21. The molecule has 4 heteroatoms. The summed E-state index contributed by atoms with van der Waals surface area (Å²) in [5, 5.41) is 0. The lowest BCUT2D eigenvalue weighted by atomic mass is 10.2. The lowest BCUT2D eigenvalue weighted by molar-refractivity contribution is 0.583. The smallest absolute Gasteiger partial charge is 0.201 e. The normalized spacial score (nSPS) is 21.2. The number of anilines is 1. The Balaban J connectivity index is 2.19. The minimum absolute atomic E-state index is 0.530. The Hall–Kier alpha value is -1.16. The molecular formula is C11H13N3S. The monoisotopic (exact) mass is 219 g/mol. The summed E-state index contributed by atoms with van der Waals surface area (Å²) >= 11 is 1.99. The number of nitrogens with two attached hydrogens (primary N) is 1. The van der Waals surface area contributed by atoms with Crippen LogP contribution < -0.4 is 5.73 Å². The summed E-state index contributed by atoms with van der Waals surface area (Å²) in [7, 11) is 0. The number of thioether (sulfide) groups is 1. The van der Waals surface area contributed by atoms with Gasteiger partial charge in [-0.15, -0.1) is 0 Å². The van der Waals surface area contributed by atoms with Gasteiger partial charge in [-0.25, -0.2) is 4.98 Å². The molecule has 1 unspecified atom stereocenters. The molecule has 0 bridgehead atoms. The van der Waals surface area contributed by atoms with Gasteiger partial charge < -0.3 is 10.3 Å². The average molecular weight is 219 g/mol. The van der Waals surface area contributed by atoms with Crippen molar-refractivity contribution in [3.05, 3.63) is 24.3 Å². The summed E-state index contributed by atoms with van der Waals surface area (Å²) in [6.45, 7) is 0. The second-order valence-electron chi connectivity index (χ2n) is 3.85. The Bertz CT molecular complexity index is 486. The van der Waals surface area contributed by atoms with Gasteiger partial charge in [0.15, 0.2) is 0 Å². The van der Waals surface area contributed by atoms with E-state index in [2.05, 4.69) is 15.6 Å². The van der Waals surface area contributed by atoms with Gasteiger partial charge >= 0.3 is 0 Å². The van der Waals surface area contributed by atoms with Gasteiger partial charge in [0.25, 0.3) is 0 Å². The van der Waals surface area contributed by atoms with Crippen molar-refractivity contribution < 1.29 is 0 Å². The predicted molar refractivity (Wildman–Crippen MR) is 65.1 cm³/mol. The molecule has 1 saturated heterocycles. The lowest BCUT2D eigenvalue weighted by Gasteiger charge is -2.13. The molecule has 3 rings (SSSR count). The summed E-state index contributed by atoms with van der Waals surface area (Å²) in [6.07, 6.45) is 1.20. The molecule has 0 radical (unpaired) electrons. The SMILES string of the molecule is Nc1nc2ccccc2n1C1CCSC1. The van der Waals surface area contributed by atoms with Crippen LogP contribution in [0.4, 0.5) is 5.95 Å². The minimum Gasteiger partial charge on any atom is -0.369 e. The number of hydrogen-bond acceptors (Lipinski definition) is 3. The van der Waals surface area contributed by atoms with E-state index in [0.29, 0.717) is 12.0 Å². The molecule has 0 saturated carbocycles. The second kappa shape index (κ2) is 3.45. The fourth-order valence-corrected chi connectivity index (χ4v) is 3.37. The number of nitrogens with zero attached hydrogens (tertiary/aromatic N) is 2. The molecule has 1 aliphatic rings. The molecule has 1 aromatic heterocycles. The highest BCUT2D eigenvalue weighted by Crippen LogP contribution is 2.32. The Kier molecular flexibility index (Phi) is 2.09. The summed E-state index contributed by atoms with van der Waals surface area (Å²) in [4.78, 5) is 4.39. The Morgan fingerprint density at radius 1 is 1.40 bits per heavy atom. The molecule has 0 aliphatic carbocycles. The molecule has 1 aliphatic heterocycles. The highest BCUT2D eigenvalue weighted by molar-refractivity contribution is 7.99. The molecule has 1 aromatic carbocycles. The number of nitrogen functional groups attached to an aromatic ring is 1. The molecular weight excluding hydrogens is 206 g/mol. The molecule has 0 amide bonds. The third kappa shape index (κ3) is 1.40. The van der Waals surface area contributed by atoms with Crippen LogP contribution in [0.1, 0.15) is 12.5 Å². The van der Waals surface area contributed by atoms with Crippen molar-refractivity contribution in [3.8, 4) is 0 Å². The molecule has 2 N–H and O–H groups in total. The minimum atomic E-state index is 0.530. The Morgan fingerprint density at radius 2 is 2.27 bits per heavy atom. The molecule has 0 spiro atoms. The van der Waals surface area contributed by atoms with Gasteiger partial charge in [0, 0.05) is 11.8 Å². The van der Waals surface area contributed by atoms with Gasteiger partial charge in [-0.3, -0.25) is 0 Å². The maximum absolute atomic E-state index is 5.98. The van der Waals surface area contributed by atoms with Crippen molar-refractivity contribution in [3.63, 3.8) is 0 Å². The zero-order valence-electron chi connectivity index (χ0n) is 8.39. The predicted octanol–water partition coefficient (Wildman–Crippen LogP) is 2.30. The molecule has 1 fully saturated rings. The van der Waals surface area contributed by atoms with E-state index in [1.165, 1.54) is 17.7 Å². The van der Waals surface area contributed by atoms with E-state index in [0.717, 1.165) is 11.3 Å². The van der Waals surface area contributed by atoms with Crippen LogP contribution in [-0.2, 0) is 0 Å². The largest absolute Gasteiger partial charge is 0.369 e. The highest BCUT2D eigenvalue weighted by atomic mass is 32.2. The standard InChI is InChI=1S/C11H13N3S/c12-11-13-9-3-1-2-4-10(9)14(11)8-5-6-15-7-8/h1-4,8H,5-7H2,(H2,12,13). The maximum Gasteiger partial charge on any atom is 0.201 e. The lowest BCUT2D eigenvalue weighted by Crippen LogP contribution is -2.10. The fraction of sp³-hybridized carbons (Fsp3) is 0.364. The molecule has 2 heterocycles. The van der Waals surface area contributed by atoms with E-state index in [1.807, 2.05) is 30.0 Å². The average Bonchev–Trinajstić information content (AvgIpc) is 2.82. The van der Waals surface area contributed by atoms with E-state index in [4.69, 9.17) is 5.73 Å². The molecule has 1 atom stereocenters. The summed E-state index contributed by atoms with van der Waals surface area (Å²) in [5.74, 6) is 3.05. The first-order valence-corrected chi connectivity index (χ1v) is 6.32. The Morgan fingerprint density at radius 3 is 3.07 bits per heavy atom. The second-order valence-corrected chi connectivity index (χ2v) is 5.00. The van der Waals surface area contributed by atoms with Crippen LogP contribution in [0.2, 0.25) is 0 Å². The number of aromatic nitrogens is 2. The number of hydrogen-bond donors (Lipinski definition) is 1. The number of benzene rings is 1. The molecule has 2 aromatic rings. The van der Waals surface area contributed by atoms with Crippen molar-refractivity contribution in [1.29, 1.82) is 0 Å². The van der Waals surface area contributed by atoms with E-state index in [9.17, 15) is 0 Å². The van der Waals surface area contributed by atoms with Crippen LogP contribution >= 0.6 is 11.8 Å². The number of para-hydroxylation sites is 2. The summed E-state index contributed by atoms with van der Waals surface area (Å²) < 4.78 is 2.19. The van der Waals surface area contributed by atoms with Crippen LogP contribution in [0.15, 0.2) is 24.3 Å². The molecule has 78 valence electrons. The van der Waals surface area contributed by atoms with E-state index < -0.39 is 0 Å². The maximum atomic E-state index is 5.98. The van der Waals surface area contributed by atoms with Crippen LogP contribution in [0.3, 0.4) is 0 Å². The third-order valence-corrected chi connectivity index (χ3v) is 4.04. The van der Waals surface area contributed by atoms with Crippen molar-refractivity contribution in [2.45, 2.75) is 12.5 Å². The van der Waals surface area contributed by atoms with Crippen LogP contribution in [0, 0.1) is 0 Å². The number of fused-ring (bicyclic) bond motifs is 1. The van der Waals surface area contributed by atoms with Crippen molar-refractivity contribution in [2.24, 2.45) is 0 Å². The van der Waals surface area contributed by atoms with Crippen molar-refractivity contribution in [2.75, 3.05) is 17.2 Å². The molecule has 15 heavy (non-hydrogen) atoms. The zero-order chi connectivity index (χ0) is 10.3. The van der Waals surface area contributed by atoms with Crippen LogP contribution in [0.5, 0.6) is 0 Å². The van der Waals surface area contributed by atoms with Gasteiger partial charge in [-0.2, -0.15) is 11.8 Å². The first-order valence-electron chi connectivity index (χ1n) is 5.16. The number of imidazole rings is 1. The van der Waals surface area contributed by atoms with Gasteiger partial charge in [0.05, 0.1) is 11.0 Å².